The molecule has 0 amide bonds. The minimum absolute atomic E-state index is 0.0450. The summed E-state index contributed by atoms with van der Waals surface area (Å²) in [4.78, 5) is 0. The van der Waals surface area contributed by atoms with Crippen LogP contribution in [-0.2, 0) is 5.67 Å². The molecular weight excluding hydrogens is 549 g/mol. The number of halogens is 12. The summed E-state index contributed by atoms with van der Waals surface area (Å²) in [6.07, 6.45) is -12.6. The summed E-state index contributed by atoms with van der Waals surface area (Å²) >= 11 is 11.6. The molecule has 0 aliphatic carbocycles. The highest BCUT2D eigenvalue weighted by molar-refractivity contribution is 6.37. The third-order valence-corrected chi connectivity index (χ3v) is 5.28. The van der Waals surface area contributed by atoms with Crippen LogP contribution in [0.5, 0.6) is 0 Å². The molecule has 35 heavy (non-hydrogen) atoms. The zero-order valence-electron chi connectivity index (χ0n) is 16.3. The SMILES string of the molecule is ONc1cc(-c2cn(-c3c(Cl)cc(C(F)(C(F)(F)F)C(F)(F)C(F)(F)F)cc3Cl)nn2)ccc1F. The molecule has 0 fully saturated rings. The molecule has 1 aromatic heterocycles. The Morgan fingerprint density at radius 2 is 1.43 bits per heavy atom. The molecule has 3 rings (SSSR count). The van der Waals surface area contributed by atoms with E-state index in [-0.39, 0.29) is 29.1 Å². The van der Waals surface area contributed by atoms with Crippen LogP contribution in [0.1, 0.15) is 5.56 Å². The summed E-state index contributed by atoms with van der Waals surface area (Å²) in [5.74, 6) is -7.76. The fourth-order valence-corrected chi connectivity index (χ4v) is 3.64. The van der Waals surface area contributed by atoms with E-state index >= 15 is 0 Å². The highest BCUT2D eigenvalue weighted by atomic mass is 35.5. The molecule has 0 saturated carbocycles. The van der Waals surface area contributed by atoms with Crippen LogP contribution >= 0.6 is 23.2 Å². The van der Waals surface area contributed by atoms with Crippen LogP contribution in [0, 0.1) is 5.82 Å². The van der Waals surface area contributed by atoms with Gasteiger partial charge in [0.05, 0.1) is 21.9 Å². The smallest absolute Gasteiger partial charge is 0.291 e. The van der Waals surface area contributed by atoms with Gasteiger partial charge in [-0.3, -0.25) is 10.7 Å². The zero-order valence-corrected chi connectivity index (χ0v) is 17.8. The third-order valence-electron chi connectivity index (χ3n) is 4.70. The van der Waals surface area contributed by atoms with Crippen molar-refractivity contribution in [3.8, 4) is 16.9 Å². The van der Waals surface area contributed by atoms with Crippen molar-refractivity contribution in [2.24, 2.45) is 0 Å². The number of rotatable bonds is 5. The maximum absolute atomic E-state index is 14.7. The average Bonchev–Trinajstić information content (AvgIpc) is 3.20. The van der Waals surface area contributed by atoms with Gasteiger partial charge in [-0.2, -0.15) is 35.1 Å². The van der Waals surface area contributed by atoms with Crippen molar-refractivity contribution in [1.82, 2.24) is 15.0 Å². The number of hydrogen-bond acceptors (Lipinski definition) is 4. The van der Waals surface area contributed by atoms with Crippen molar-refractivity contribution >= 4 is 28.9 Å². The fraction of sp³-hybridized carbons (Fsp3) is 0.222. The van der Waals surface area contributed by atoms with Crippen LogP contribution in [0.15, 0.2) is 36.5 Å². The molecule has 17 heteroatoms. The molecule has 2 aromatic carbocycles. The van der Waals surface area contributed by atoms with E-state index in [1.807, 2.05) is 0 Å². The highest BCUT2D eigenvalue weighted by Crippen LogP contribution is 2.59. The van der Waals surface area contributed by atoms with Gasteiger partial charge in [0.15, 0.2) is 0 Å². The summed E-state index contributed by atoms with van der Waals surface area (Å²) in [6, 6.07) is 3.01. The van der Waals surface area contributed by atoms with Gasteiger partial charge < -0.3 is 0 Å². The van der Waals surface area contributed by atoms with Gasteiger partial charge in [0.2, 0.25) is 0 Å². The van der Waals surface area contributed by atoms with Crippen molar-refractivity contribution < 1.29 is 49.1 Å². The normalized spacial score (nSPS) is 14.7. The summed E-state index contributed by atoms with van der Waals surface area (Å²) in [6.45, 7) is 0. The Labute approximate surface area is 197 Å². The molecule has 0 bridgehead atoms. The van der Waals surface area contributed by atoms with Crippen LogP contribution < -0.4 is 5.48 Å². The Morgan fingerprint density at radius 3 is 1.91 bits per heavy atom. The second-order valence-electron chi connectivity index (χ2n) is 6.87. The second kappa shape index (κ2) is 8.71. The number of benzene rings is 2. The summed E-state index contributed by atoms with van der Waals surface area (Å²) in [5, 5.41) is 14.2. The largest absolute Gasteiger partial charge is 0.457 e. The maximum Gasteiger partial charge on any atom is 0.457 e. The monoisotopic (exact) mass is 556 g/mol. The first-order valence-electron chi connectivity index (χ1n) is 8.78. The maximum atomic E-state index is 14.7. The van der Waals surface area contributed by atoms with Gasteiger partial charge in [0.25, 0.3) is 0 Å². The number of anilines is 1. The van der Waals surface area contributed by atoms with Gasteiger partial charge in [-0.25, -0.2) is 13.5 Å². The fourth-order valence-electron chi connectivity index (χ4n) is 2.98. The van der Waals surface area contributed by atoms with E-state index in [4.69, 9.17) is 28.4 Å². The summed E-state index contributed by atoms with van der Waals surface area (Å²) in [7, 11) is 0. The first-order valence-corrected chi connectivity index (χ1v) is 9.53. The summed E-state index contributed by atoms with van der Waals surface area (Å²) in [5.41, 5.74) is -7.68. The Kier molecular flexibility index (Phi) is 6.67. The van der Waals surface area contributed by atoms with Gasteiger partial charge in [-0.15, -0.1) is 5.10 Å². The molecule has 0 aliphatic heterocycles. The minimum Gasteiger partial charge on any atom is -0.291 e. The van der Waals surface area contributed by atoms with Crippen molar-refractivity contribution in [3.05, 3.63) is 58.0 Å². The lowest BCUT2D eigenvalue weighted by Crippen LogP contribution is -2.59. The zero-order chi connectivity index (χ0) is 26.6. The van der Waals surface area contributed by atoms with Crippen molar-refractivity contribution in [2.75, 3.05) is 5.48 Å². The van der Waals surface area contributed by atoms with Gasteiger partial charge in [-0.05, 0) is 30.3 Å². The van der Waals surface area contributed by atoms with Crippen LogP contribution in [0.4, 0.5) is 49.6 Å². The van der Waals surface area contributed by atoms with E-state index in [2.05, 4.69) is 10.3 Å². The average molecular weight is 557 g/mol. The molecule has 190 valence electrons. The molecule has 2 N–H and O–H groups in total. The van der Waals surface area contributed by atoms with E-state index in [1.54, 1.807) is 5.48 Å². The predicted molar refractivity (Wildman–Crippen MR) is 102 cm³/mol. The van der Waals surface area contributed by atoms with Crippen molar-refractivity contribution in [1.29, 1.82) is 0 Å². The van der Waals surface area contributed by atoms with Crippen molar-refractivity contribution in [3.63, 3.8) is 0 Å². The molecule has 5 nitrogen and oxygen atoms in total. The molecule has 3 aromatic rings. The van der Waals surface area contributed by atoms with Crippen LogP contribution in [0.3, 0.4) is 0 Å². The van der Waals surface area contributed by atoms with Crippen LogP contribution in [0.2, 0.25) is 10.0 Å². The molecule has 1 unspecified atom stereocenters. The lowest BCUT2D eigenvalue weighted by Gasteiger charge is -2.36. The number of alkyl halides is 9. The van der Waals surface area contributed by atoms with E-state index in [0.29, 0.717) is 4.68 Å². The Balaban J connectivity index is 2.13. The standard InChI is InChI=1S/C18H8Cl2F10N4O/c19-9-4-8(15(22,17(25,26)27)16(23,24)18(28,29)30)5-10(20)14(9)34-6-13(31-33-34)7-1-2-11(21)12(3-7)32-35/h1-6,32,35H. The molecule has 0 spiro atoms. The second-order valence-corrected chi connectivity index (χ2v) is 7.69. The topological polar surface area (TPSA) is 63.0 Å². The molecule has 0 radical (unpaired) electrons. The van der Waals surface area contributed by atoms with Gasteiger partial charge >= 0.3 is 23.9 Å². The molecule has 0 saturated heterocycles. The lowest BCUT2D eigenvalue weighted by atomic mass is 9.87. The Morgan fingerprint density at radius 1 is 0.857 bits per heavy atom. The molecule has 1 atom stereocenters. The molecular formula is C18H8Cl2F10N4O. The van der Waals surface area contributed by atoms with Gasteiger partial charge in [-0.1, -0.05) is 28.4 Å². The quantitative estimate of drug-likeness (QED) is 0.260. The van der Waals surface area contributed by atoms with Crippen LogP contribution in [0.25, 0.3) is 16.9 Å². The number of hydrogen-bond donors (Lipinski definition) is 2. The van der Waals surface area contributed by atoms with E-state index < -0.39 is 51.1 Å². The molecule has 0 aliphatic rings. The third kappa shape index (κ3) is 4.36. The molecule has 1 heterocycles. The van der Waals surface area contributed by atoms with Crippen molar-refractivity contribution in [2.45, 2.75) is 23.9 Å². The first-order chi connectivity index (χ1) is 16.0. The predicted octanol–water partition coefficient (Wildman–Crippen LogP) is 7.11. The summed E-state index contributed by atoms with van der Waals surface area (Å²) < 4.78 is 134. The first kappa shape index (κ1) is 26.8. The minimum atomic E-state index is -6.92. The van der Waals surface area contributed by atoms with E-state index in [1.165, 1.54) is 6.07 Å². The van der Waals surface area contributed by atoms with E-state index in [9.17, 15) is 43.9 Å². The number of aromatic nitrogens is 3. The van der Waals surface area contributed by atoms with Gasteiger partial charge in [0, 0.05) is 11.1 Å². The number of nitrogens with one attached hydrogen (secondary N) is 1. The number of nitrogens with zero attached hydrogens (tertiary/aromatic N) is 3. The van der Waals surface area contributed by atoms with Crippen LogP contribution in [-0.4, -0.2) is 38.5 Å². The van der Waals surface area contributed by atoms with Gasteiger partial charge in [0.1, 0.15) is 17.2 Å². The van der Waals surface area contributed by atoms with E-state index in [0.717, 1.165) is 18.3 Å². The highest BCUT2D eigenvalue weighted by Gasteiger charge is 2.81. The Bertz CT molecular complexity index is 1240. The lowest BCUT2D eigenvalue weighted by molar-refractivity contribution is -0.389. The Hall–Kier alpha value is -2.78.